The predicted octanol–water partition coefficient (Wildman–Crippen LogP) is 5.64. The van der Waals surface area contributed by atoms with Gasteiger partial charge in [-0.1, -0.05) is 36.4 Å². The zero-order valence-corrected chi connectivity index (χ0v) is 19.5. The average molecular weight is 448 g/mol. The van der Waals surface area contributed by atoms with E-state index in [9.17, 15) is 9.59 Å². The lowest BCUT2D eigenvalue weighted by Crippen LogP contribution is -2.26. The second kappa shape index (κ2) is 10.7. The number of methoxy groups -OCH3 is 1. The monoisotopic (exact) mass is 447 g/mol. The quantitative estimate of drug-likeness (QED) is 0.453. The minimum Gasteiger partial charge on any atom is -0.493 e. The smallest absolute Gasteiger partial charge is 0.339 e. The van der Waals surface area contributed by atoms with Crippen LogP contribution in [0.1, 0.15) is 47.0 Å². The molecule has 172 valence electrons. The first kappa shape index (κ1) is 23.9. The fourth-order valence-corrected chi connectivity index (χ4v) is 3.48. The summed E-state index contributed by atoms with van der Waals surface area (Å²) in [6, 6.07) is 19.5. The van der Waals surface area contributed by atoms with E-state index in [0.717, 1.165) is 11.1 Å². The van der Waals surface area contributed by atoms with E-state index in [2.05, 4.69) is 5.32 Å². The Morgan fingerprint density at radius 1 is 0.848 bits per heavy atom. The van der Waals surface area contributed by atoms with Gasteiger partial charge in [-0.25, -0.2) is 4.79 Å². The molecule has 0 aliphatic carbocycles. The van der Waals surface area contributed by atoms with Gasteiger partial charge < -0.3 is 19.5 Å². The maximum Gasteiger partial charge on any atom is 0.339 e. The summed E-state index contributed by atoms with van der Waals surface area (Å²) in [5, 5.41) is 2.87. The van der Waals surface area contributed by atoms with Crippen LogP contribution in [0.5, 0.6) is 11.5 Å². The Labute approximate surface area is 194 Å². The summed E-state index contributed by atoms with van der Waals surface area (Å²) in [4.78, 5) is 26.2. The van der Waals surface area contributed by atoms with Gasteiger partial charge in [-0.05, 0) is 69.2 Å². The third kappa shape index (κ3) is 6.35. The number of amides is 1. The molecule has 6 nitrogen and oxygen atoms in total. The van der Waals surface area contributed by atoms with E-state index in [1.165, 1.54) is 7.11 Å². The molecule has 6 heteroatoms. The highest BCUT2D eigenvalue weighted by Gasteiger charge is 2.26. The highest BCUT2D eigenvalue weighted by atomic mass is 16.5. The lowest BCUT2D eigenvalue weighted by molar-refractivity contribution is -0.125. The number of hydrogen-bond acceptors (Lipinski definition) is 5. The summed E-state index contributed by atoms with van der Waals surface area (Å²) in [5.74, 6) is -0.148. The van der Waals surface area contributed by atoms with E-state index in [1.54, 1.807) is 42.5 Å². The minimum atomic E-state index is -1.13. The van der Waals surface area contributed by atoms with Crippen LogP contribution in [0.15, 0.2) is 66.7 Å². The molecule has 0 bridgehead atoms. The molecule has 0 aliphatic rings. The summed E-state index contributed by atoms with van der Waals surface area (Å²) < 4.78 is 16.8. The van der Waals surface area contributed by atoms with Crippen molar-refractivity contribution in [3.05, 3.63) is 89.0 Å². The summed E-state index contributed by atoms with van der Waals surface area (Å²) in [6.45, 7) is 7.72. The van der Waals surface area contributed by atoms with Crippen LogP contribution < -0.4 is 14.8 Å². The molecule has 3 aromatic rings. The molecule has 0 saturated carbocycles. The van der Waals surface area contributed by atoms with Crippen LogP contribution in [-0.4, -0.2) is 25.1 Å². The lowest BCUT2D eigenvalue weighted by atomic mass is 10.1. The highest BCUT2D eigenvalue weighted by Crippen LogP contribution is 2.30. The molecule has 0 radical (unpaired) electrons. The van der Waals surface area contributed by atoms with Gasteiger partial charge in [-0.15, -0.1) is 0 Å². The number of aryl methyl sites for hydroxylation is 2. The number of carbonyl (C=O) groups is 2. The van der Waals surface area contributed by atoms with Gasteiger partial charge in [0.1, 0.15) is 0 Å². The molecule has 0 fully saturated rings. The number of carbonyl (C=O) groups excluding carboxylic acids is 2. The molecule has 1 unspecified atom stereocenters. The van der Waals surface area contributed by atoms with E-state index in [0.29, 0.717) is 22.7 Å². The molecule has 1 N–H and O–H groups in total. The zero-order chi connectivity index (χ0) is 24.0. The van der Waals surface area contributed by atoms with Gasteiger partial charge in [0.2, 0.25) is 6.10 Å². The number of esters is 1. The molecule has 0 aliphatic heterocycles. The average Bonchev–Trinajstić information content (AvgIpc) is 2.77. The largest absolute Gasteiger partial charge is 0.493 e. The Bertz CT molecular complexity index is 1100. The molecule has 0 saturated heterocycles. The van der Waals surface area contributed by atoms with Crippen LogP contribution in [0.4, 0.5) is 5.69 Å². The Morgan fingerprint density at radius 2 is 1.52 bits per heavy atom. The van der Waals surface area contributed by atoms with Crippen LogP contribution in [-0.2, 0) is 9.53 Å². The normalized spacial score (nSPS) is 11.6. The van der Waals surface area contributed by atoms with Crippen molar-refractivity contribution in [3.8, 4) is 11.5 Å². The first-order chi connectivity index (χ1) is 15.8. The lowest BCUT2D eigenvalue weighted by Gasteiger charge is -2.19. The van der Waals surface area contributed by atoms with Crippen molar-refractivity contribution in [1.82, 2.24) is 0 Å². The van der Waals surface area contributed by atoms with Crippen molar-refractivity contribution in [1.29, 1.82) is 0 Å². The van der Waals surface area contributed by atoms with Gasteiger partial charge >= 0.3 is 5.97 Å². The summed E-state index contributed by atoms with van der Waals surface area (Å²) in [6.07, 6.45) is -1.18. The van der Waals surface area contributed by atoms with Gasteiger partial charge in [0.25, 0.3) is 5.91 Å². The fourth-order valence-electron chi connectivity index (χ4n) is 3.48. The highest BCUT2D eigenvalue weighted by molar-refractivity contribution is 5.98. The van der Waals surface area contributed by atoms with E-state index in [-0.39, 0.29) is 11.7 Å². The Balaban J connectivity index is 1.86. The first-order valence-electron chi connectivity index (χ1n) is 10.8. The van der Waals surface area contributed by atoms with Crippen molar-refractivity contribution in [3.63, 3.8) is 0 Å². The number of nitrogens with one attached hydrogen (secondary N) is 1. The van der Waals surface area contributed by atoms with E-state index in [4.69, 9.17) is 14.2 Å². The van der Waals surface area contributed by atoms with Gasteiger partial charge in [0, 0.05) is 11.3 Å². The Hall–Kier alpha value is -3.80. The Morgan fingerprint density at radius 3 is 2.12 bits per heavy atom. The van der Waals surface area contributed by atoms with Gasteiger partial charge in [0.05, 0.1) is 18.8 Å². The molecule has 0 spiro atoms. The number of benzene rings is 3. The van der Waals surface area contributed by atoms with Gasteiger partial charge in [-0.3, -0.25) is 4.79 Å². The zero-order valence-electron chi connectivity index (χ0n) is 19.5. The third-order valence-corrected chi connectivity index (χ3v) is 4.82. The minimum absolute atomic E-state index is 0.0480. The maximum atomic E-state index is 13.2. The number of rotatable bonds is 8. The molecule has 33 heavy (non-hydrogen) atoms. The second-order valence-corrected chi connectivity index (χ2v) is 8.09. The van der Waals surface area contributed by atoms with Crippen molar-refractivity contribution < 1.29 is 23.8 Å². The molecule has 1 atom stereocenters. The van der Waals surface area contributed by atoms with Crippen molar-refractivity contribution in [2.24, 2.45) is 0 Å². The second-order valence-electron chi connectivity index (χ2n) is 8.09. The first-order valence-corrected chi connectivity index (χ1v) is 10.8. The van der Waals surface area contributed by atoms with Crippen molar-refractivity contribution in [2.75, 3.05) is 12.4 Å². The summed E-state index contributed by atoms with van der Waals surface area (Å²) in [5.41, 5.74) is 3.51. The van der Waals surface area contributed by atoms with E-state index < -0.39 is 18.0 Å². The van der Waals surface area contributed by atoms with Crippen LogP contribution in [0.25, 0.3) is 0 Å². The Kier molecular flexibility index (Phi) is 7.72. The molecular weight excluding hydrogens is 418 g/mol. The van der Waals surface area contributed by atoms with Gasteiger partial charge in [-0.2, -0.15) is 0 Å². The van der Waals surface area contributed by atoms with Crippen LogP contribution >= 0.6 is 0 Å². The number of anilines is 1. The molecule has 0 aromatic heterocycles. The molecule has 0 heterocycles. The third-order valence-electron chi connectivity index (χ3n) is 4.82. The van der Waals surface area contributed by atoms with E-state index in [1.807, 2.05) is 52.0 Å². The molecule has 3 rings (SSSR count). The van der Waals surface area contributed by atoms with Crippen LogP contribution in [0, 0.1) is 13.8 Å². The predicted molar refractivity (Wildman–Crippen MR) is 128 cm³/mol. The van der Waals surface area contributed by atoms with E-state index >= 15 is 0 Å². The fraction of sp³-hybridized carbons (Fsp3) is 0.259. The number of hydrogen-bond donors (Lipinski definition) is 1. The maximum absolute atomic E-state index is 13.2. The van der Waals surface area contributed by atoms with Crippen molar-refractivity contribution in [2.45, 2.75) is 39.9 Å². The van der Waals surface area contributed by atoms with Crippen LogP contribution in [0.3, 0.4) is 0 Å². The van der Waals surface area contributed by atoms with Crippen LogP contribution in [0.2, 0.25) is 0 Å². The topological polar surface area (TPSA) is 73.9 Å². The molecule has 1 amide bonds. The SMILES string of the molecule is COc1cc(C(=O)OC(C(=O)Nc2cc(C)cc(C)c2)c2ccccc2)ccc1OC(C)C. The standard InChI is InChI=1S/C27H29NO5/c1-17(2)32-23-12-11-21(16-24(23)31-5)27(30)33-25(20-9-7-6-8-10-20)26(29)28-22-14-18(3)13-19(4)15-22/h6-17,25H,1-5H3,(H,28,29). The molecular formula is C27H29NO5. The molecule has 3 aromatic carbocycles. The van der Waals surface area contributed by atoms with Crippen molar-refractivity contribution >= 4 is 17.6 Å². The number of ether oxygens (including phenoxy) is 3. The summed E-state index contributed by atoms with van der Waals surface area (Å²) >= 11 is 0. The summed E-state index contributed by atoms with van der Waals surface area (Å²) in [7, 11) is 1.50. The van der Waals surface area contributed by atoms with Gasteiger partial charge in [0.15, 0.2) is 11.5 Å².